The minimum absolute atomic E-state index is 1.17. The van der Waals surface area contributed by atoms with E-state index < -0.39 is 0 Å². The van der Waals surface area contributed by atoms with Crippen LogP contribution in [0.3, 0.4) is 0 Å². The summed E-state index contributed by atoms with van der Waals surface area (Å²) in [5, 5.41) is 2.57. The molecule has 0 aromatic heterocycles. The van der Waals surface area contributed by atoms with Crippen molar-refractivity contribution < 1.29 is 0 Å². The first kappa shape index (κ1) is 8.89. The molecule has 2 rings (SSSR count). The van der Waals surface area contributed by atoms with E-state index in [0.717, 1.165) is 0 Å². The predicted molar refractivity (Wildman–Crippen MR) is 57.4 cm³/mol. The molecule has 63 valence electrons. The Morgan fingerprint density at radius 1 is 1.15 bits per heavy atom. The number of rotatable bonds is 2. The minimum atomic E-state index is 1.17. The summed E-state index contributed by atoms with van der Waals surface area (Å²) in [6, 6.07) is 6.57. The summed E-state index contributed by atoms with van der Waals surface area (Å²) >= 11 is 0. The van der Waals surface area contributed by atoms with Crippen LogP contribution >= 0.6 is 0 Å². The van der Waals surface area contributed by atoms with E-state index in [2.05, 4.69) is 23.3 Å². The third kappa shape index (κ3) is 1.97. The summed E-state index contributed by atoms with van der Waals surface area (Å²) in [5.74, 6) is 0. The highest BCUT2D eigenvalue weighted by atomic mass is 14.6. The molecule has 0 aliphatic heterocycles. The fourth-order valence-corrected chi connectivity index (χ4v) is 1.94. The molecule has 0 bridgehead atoms. The first-order valence-corrected chi connectivity index (χ1v) is 4.81. The highest BCUT2D eigenvalue weighted by Crippen LogP contribution is 2.19. The van der Waals surface area contributed by atoms with Crippen LogP contribution < -0.4 is 10.6 Å². The van der Waals surface area contributed by atoms with Crippen molar-refractivity contribution in [2.45, 2.75) is 25.7 Å². The van der Waals surface area contributed by atoms with E-state index in [1.807, 2.05) is 7.41 Å². The summed E-state index contributed by atoms with van der Waals surface area (Å²) in [6.45, 7) is 0. The molecule has 3 heteroatoms. The molecule has 0 saturated heterocycles. The van der Waals surface area contributed by atoms with Gasteiger partial charge in [-0.15, -0.1) is 0 Å². The molecular formula is C10H12B2N. The van der Waals surface area contributed by atoms with Crippen LogP contribution in [0.1, 0.15) is 24.0 Å². The molecule has 13 heavy (non-hydrogen) atoms. The van der Waals surface area contributed by atoms with E-state index in [9.17, 15) is 0 Å². The number of hydrogen-bond acceptors (Lipinski definition) is 1. The Bertz CT molecular complexity index is 299. The fourth-order valence-electron chi connectivity index (χ4n) is 1.94. The van der Waals surface area contributed by atoms with Crippen molar-refractivity contribution in [3.05, 3.63) is 29.3 Å². The summed E-state index contributed by atoms with van der Waals surface area (Å²) in [6.07, 6.45) is 5.13. The predicted octanol–water partition coefficient (Wildman–Crippen LogP) is 0.483. The topological polar surface area (TPSA) is 12.0 Å². The van der Waals surface area contributed by atoms with Crippen molar-refractivity contribution in [3.8, 4) is 0 Å². The lowest BCUT2D eigenvalue weighted by Gasteiger charge is -2.16. The second kappa shape index (κ2) is 4.01. The minimum Gasteiger partial charge on any atom is -0.408 e. The molecule has 0 saturated carbocycles. The van der Waals surface area contributed by atoms with Gasteiger partial charge in [0.05, 0.1) is 0 Å². The molecular weight excluding hydrogens is 156 g/mol. The van der Waals surface area contributed by atoms with Crippen LogP contribution in [0.4, 0.5) is 0 Å². The van der Waals surface area contributed by atoms with Gasteiger partial charge >= 0.3 is 0 Å². The molecule has 1 nitrogen and oxygen atoms in total. The molecule has 0 atom stereocenters. The molecule has 0 amide bonds. The second-order valence-electron chi connectivity index (χ2n) is 3.55. The Morgan fingerprint density at radius 3 is 2.69 bits per heavy atom. The van der Waals surface area contributed by atoms with E-state index in [-0.39, 0.29) is 0 Å². The third-order valence-electron chi connectivity index (χ3n) is 2.62. The van der Waals surface area contributed by atoms with Crippen LogP contribution in [0.25, 0.3) is 0 Å². The fraction of sp³-hybridized carbons (Fsp3) is 0.400. The van der Waals surface area contributed by atoms with E-state index in [1.54, 1.807) is 0 Å². The lowest BCUT2D eigenvalue weighted by Crippen LogP contribution is -2.28. The first-order chi connectivity index (χ1) is 6.40. The zero-order valence-corrected chi connectivity index (χ0v) is 7.72. The van der Waals surface area contributed by atoms with Crippen LogP contribution in [0.2, 0.25) is 0 Å². The number of benzene rings is 1. The van der Waals surface area contributed by atoms with Crippen LogP contribution in [-0.2, 0) is 12.8 Å². The Labute approximate surface area is 81.6 Å². The first-order valence-electron chi connectivity index (χ1n) is 4.81. The number of nitrogens with one attached hydrogen (secondary N) is 1. The van der Waals surface area contributed by atoms with Crippen LogP contribution in [0.15, 0.2) is 18.2 Å². The van der Waals surface area contributed by atoms with Gasteiger partial charge in [0.2, 0.25) is 7.41 Å². The van der Waals surface area contributed by atoms with Crippen molar-refractivity contribution in [1.29, 1.82) is 0 Å². The van der Waals surface area contributed by atoms with Crippen molar-refractivity contribution in [1.82, 2.24) is 5.14 Å². The summed E-state index contributed by atoms with van der Waals surface area (Å²) in [4.78, 5) is 0. The Morgan fingerprint density at radius 2 is 1.92 bits per heavy atom. The van der Waals surface area contributed by atoms with Crippen LogP contribution in [0, 0.1) is 0 Å². The largest absolute Gasteiger partial charge is 0.408 e. The van der Waals surface area contributed by atoms with Gasteiger partial charge in [-0.1, -0.05) is 23.7 Å². The maximum absolute atomic E-state index is 5.23. The average Bonchev–Trinajstić information content (AvgIpc) is 2.18. The zero-order valence-electron chi connectivity index (χ0n) is 7.72. The molecule has 1 aromatic rings. The SMILES string of the molecule is [B]N[B]c1ccc2c(c1)CCCC2. The van der Waals surface area contributed by atoms with Crippen molar-refractivity contribution in [2.24, 2.45) is 0 Å². The van der Waals surface area contributed by atoms with Gasteiger partial charge in [-0.2, -0.15) is 0 Å². The third-order valence-corrected chi connectivity index (χ3v) is 2.62. The molecule has 1 aliphatic rings. The van der Waals surface area contributed by atoms with Gasteiger partial charge in [-0.05, 0) is 36.8 Å². The highest BCUT2D eigenvalue weighted by Gasteiger charge is 2.08. The highest BCUT2D eigenvalue weighted by molar-refractivity contribution is 6.56. The average molecular weight is 168 g/mol. The molecule has 1 N–H and O–H groups in total. The van der Waals surface area contributed by atoms with Crippen molar-refractivity contribution in [3.63, 3.8) is 0 Å². The molecule has 3 radical (unpaired) electrons. The van der Waals surface area contributed by atoms with Gasteiger partial charge < -0.3 is 5.14 Å². The molecule has 1 aliphatic carbocycles. The van der Waals surface area contributed by atoms with Gasteiger partial charge in [0.15, 0.2) is 7.98 Å². The Hall–Kier alpha value is -0.690. The van der Waals surface area contributed by atoms with Gasteiger partial charge in [-0.3, -0.25) is 0 Å². The summed E-state index contributed by atoms with van der Waals surface area (Å²) < 4.78 is 0. The van der Waals surface area contributed by atoms with Crippen molar-refractivity contribution in [2.75, 3.05) is 0 Å². The summed E-state index contributed by atoms with van der Waals surface area (Å²) in [5.41, 5.74) is 4.18. The number of fused-ring (bicyclic) bond motifs is 1. The molecule has 1 aromatic carbocycles. The van der Waals surface area contributed by atoms with E-state index in [4.69, 9.17) is 7.98 Å². The second-order valence-corrected chi connectivity index (χ2v) is 3.55. The lowest BCUT2D eigenvalue weighted by molar-refractivity contribution is 0.686. The number of hydrogen-bond donors (Lipinski definition) is 1. The maximum atomic E-state index is 5.23. The Kier molecular flexibility index (Phi) is 2.74. The standard InChI is InChI=1S/C10H12B2N/c11-13-12-10-6-5-8-3-1-2-4-9(8)7-10/h5-7,13H,1-4H2. The normalized spacial score (nSPS) is 15.1. The smallest absolute Gasteiger partial charge is 0.231 e. The summed E-state index contributed by atoms with van der Waals surface area (Å²) in [7, 11) is 7.06. The van der Waals surface area contributed by atoms with E-state index >= 15 is 0 Å². The van der Waals surface area contributed by atoms with Crippen molar-refractivity contribution >= 4 is 20.9 Å². The molecule has 0 spiro atoms. The van der Waals surface area contributed by atoms with Crippen LogP contribution in [-0.4, -0.2) is 15.4 Å². The van der Waals surface area contributed by atoms with Gasteiger partial charge in [0.25, 0.3) is 0 Å². The van der Waals surface area contributed by atoms with E-state index in [1.165, 1.54) is 42.3 Å². The lowest BCUT2D eigenvalue weighted by atomic mass is 9.78. The molecule has 0 fully saturated rings. The molecule has 0 heterocycles. The van der Waals surface area contributed by atoms with Gasteiger partial charge in [0, 0.05) is 0 Å². The van der Waals surface area contributed by atoms with Crippen LogP contribution in [0.5, 0.6) is 0 Å². The van der Waals surface area contributed by atoms with E-state index in [0.29, 0.717) is 0 Å². The monoisotopic (exact) mass is 168 g/mol. The quantitative estimate of drug-likeness (QED) is 0.633. The number of aryl methyl sites for hydroxylation is 2. The zero-order chi connectivity index (χ0) is 9.10. The van der Waals surface area contributed by atoms with Gasteiger partial charge in [0.1, 0.15) is 0 Å². The molecule has 0 unspecified atom stereocenters. The van der Waals surface area contributed by atoms with Gasteiger partial charge in [-0.25, -0.2) is 0 Å². The Balaban J connectivity index is 2.24. The maximum Gasteiger partial charge on any atom is 0.231 e.